The molecular formula is C13H24N2O2. The number of hydrogen-bond donors (Lipinski definition) is 1. The molecule has 1 aromatic heterocycles. The molecule has 1 aromatic rings. The van der Waals surface area contributed by atoms with Gasteiger partial charge in [-0.05, 0) is 20.2 Å². The van der Waals surface area contributed by atoms with Crippen molar-refractivity contribution < 1.29 is 9.15 Å². The molecule has 0 amide bonds. The summed E-state index contributed by atoms with van der Waals surface area (Å²) in [5, 5.41) is 3.35. The summed E-state index contributed by atoms with van der Waals surface area (Å²) in [7, 11) is 4.07. The minimum Gasteiger partial charge on any atom is -0.467 e. The Morgan fingerprint density at radius 2 is 2.18 bits per heavy atom. The number of nitrogens with zero attached hydrogens (tertiary/aromatic N) is 1. The molecule has 0 radical (unpaired) electrons. The van der Waals surface area contributed by atoms with Gasteiger partial charge in [-0.15, -0.1) is 0 Å². The number of ether oxygens (including phenoxy) is 1. The number of rotatable bonds is 8. The Morgan fingerprint density at radius 3 is 2.82 bits per heavy atom. The van der Waals surface area contributed by atoms with Gasteiger partial charge in [0.15, 0.2) is 0 Å². The fourth-order valence-electron chi connectivity index (χ4n) is 1.34. The second-order valence-corrected chi connectivity index (χ2v) is 4.81. The van der Waals surface area contributed by atoms with Crippen LogP contribution >= 0.6 is 0 Å². The Kier molecular flexibility index (Phi) is 6.26. The lowest BCUT2D eigenvalue weighted by Crippen LogP contribution is -2.21. The van der Waals surface area contributed by atoms with E-state index in [9.17, 15) is 0 Å². The van der Waals surface area contributed by atoms with E-state index < -0.39 is 0 Å². The maximum atomic E-state index is 5.51. The lowest BCUT2D eigenvalue weighted by molar-refractivity contribution is 0.0926. The molecule has 0 aromatic carbocycles. The molecule has 0 saturated heterocycles. The Balaban J connectivity index is 2.21. The maximum Gasteiger partial charge on any atom is 0.129 e. The highest BCUT2D eigenvalue weighted by Crippen LogP contribution is 2.09. The van der Waals surface area contributed by atoms with E-state index >= 15 is 0 Å². The fraction of sp³-hybridized carbons (Fsp3) is 0.692. The first kappa shape index (κ1) is 14.2. The van der Waals surface area contributed by atoms with Crippen LogP contribution in [0.15, 0.2) is 16.7 Å². The van der Waals surface area contributed by atoms with Crippen LogP contribution < -0.4 is 5.32 Å². The molecule has 1 N–H and O–H groups in total. The van der Waals surface area contributed by atoms with Crippen LogP contribution in [-0.4, -0.2) is 38.2 Å². The van der Waals surface area contributed by atoms with Gasteiger partial charge in [-0.2, -0.15) is 0 Å². The number of nitrogens with one attached hydrogen (secondary N) is 1. The lowest BCUT2D eigenvalue weighted by Gasteiger charge is -2.08. The number of furan rings is 1. The molecular weight excluding hydrogens is 216 g/mol. The summed E-state index contributed by atoms with van der Waals surface area (Å²) in [6.45, 7) is 7.32. The smallest absolute Gasteiger partial charge is 0.129 e. The van der Waals surface area contributed by atoms with Crippen LogP contribution in [0.25, 0.3) is 0 Å². The van der Waals surface area contributed by atoms with E-state index in [2.05, 4.69) is 24.1 Å². The average molecular weight is 240 g/mol. The highest BCUT2D eigenvalue weighted by Gasteiger charge is 2.02. The van der Waals surface area contributed by atoms with Crippen molar-refractivity contribution >= 4 is 0 Å². The molecule has 1 heterocycles. The molecule has 4 nitrogen and oxygen atoms in total. The first-order valence-corrected chi connectivity index (χ1v) is 6.10. The van der Waals surface area contributed by atoms with Gasteiger partial charge < -0.3 is 19.4 Å². The third-order valence-corrected chi connectivity index (χ3v) is 2.35. The Hall–Kier alpha value is -0.840. The van der Waals surface area contributed by atoms with E-state index in [0.29, 0.717) is 12.6 Å². The second-order valence-electron chi connectivity index (χ2n) is 4.81. The zero-order valence-electron chi connectivity index (χ0n) is 11.3. The van der Waals surface area contributed by atoms with Gasteiger partial charge in [0.05, 0.1) is 12.9 Å². The van der Waals surface area contributed by atoms with Gasteiger partial charge in [-0.25, -0.2) is 0 Å². The van der Waals surface area contributed by atoms with Crippen LogP contribution in [-0.2, 0) is 17.9 Å². The van der Waals surface area contributed by atoms with Crippen molar-refractivity contribution in [3.05, 3.63) is 23.7 Å². The van der Waals surface area contributed by atoms with Crippen LogP contribution in [0.3, 0.4) is 0 Å². The molecule has 0 fully saturated rings. The third kappa shape index (κ3) is 6.46. The van der Waals surface area contributed by atoms with E-state index in [-0.39, 0.29) is 0 Å². The number of hydrogen-bond acceptors (Lipinski definition) is 4. The zero-order chi connectivity index (χ0) is 12.7. The first-order valence-electron chi connectivity index (χ1n) is 6.10. The summed E-state index contributed by atoms with van der Waals surface area (Å²) in [5.74, 6) is 0.893. The van der Waals surface area contributed by atoms with Crippen molar-refractivity contribution in [2.45, 2.75) is 33.0 Å². The maximum absolute atomic E-state index is 5.51. The van der Waals surface area contributed by atoms with E-state index in [4.69, 9.17) is 9.15 Å². The van der Waals surface area contributed by atoms with Gasteiger partial charge in [0.25, 0.3) is 0 Å². The van der Waals surface area contributed by atoms with E-state index in [1.807, 2.05) is 20.2 Å². The lowest BCUT2D eigenvalue weighted by atomic mass is 10.3. The van der Waals surface area contributed by atoms with Crippen LogP contribution in [0.4, 0.5) is 0 Å². The second kappa shape index (κ2) is 7.48. The van der Waals surface area contributed by atoms with E-state index in [0.717, 1.165) is 25.5 Å². The molecule has 0 saturated carbocycles. The van der Waals surface area contributed by atoms with E-state index in [1.165, 1.54) is 5.56 Å². The minimum absolute atomic E-state index is 0.490. The van der Waals surface area contributed by atoms with Gasteiger partial charge in [0, 0.05) is 24.7 Å². The first-order chi connectivity index (χ1) is 8.08. The Bertz CT molecular complexity index is 308. The molecule has 4 heteroatoms. The summed E-state index contributed by atoms with van der Waals surface area (Å²) in [4.78, 5) is 2.10. The van der Waals surface area contributed by atoms with Gasteiger partial charge in [0.1, 0.15) is 12.4 Å². The highest BCUT2D eigenvalue weighted by atomic mass is 16.5. The zero-order valence-corrected chi connectivity index (χ0v) is 11.3. The topological polar surface area (TPSA) is 37.6 Å². The SMILES string of the molecule is CC(C)NCc1coc(COCCN(C)C)c1. The summed E-state index contributed by atoms with van der Waals surface area (Å²) in [5.41, 5.74) is 1.17. The summed E-state index contributed by atoms with van der Waals surface area (Å²) < 4.78 is 10.9. The van der Waals surface area contributed by atoms with Crippen LogP contribution in [0.5, 0.6) is 0 Å². The van der Waals surface area contributed by atoms with Gasteiger partial charge in [-0.3, -0.25) is 0 Å². The molecule has 0 aliphatic heterocycles. The standard InChI is InChI=1S/C13H24N2O2/c1-11(2)14-8-12-7-13(17-9-12)10-16-6-5-15(3)4/h7,9,11,14H,5-6,8,10H2,1-4H3. The summed E-state index contributed by atoms with van der Waals surface area (Å²) >= 11 is 0. The predicted octanol–water partition coefficient (Wildman–Crippen LogP) is 1.86. The molecule has 0 unspecified atom stereocenters. The van der Waals surface area contributed by atoms with Crippen molar-refractivity contribution in [1.82, 2.24) is 10.2 Å². The molecule has 0 atom stereocenters. The average Bonchev–Trinajstić information content (AvgIpc) is 2.69. The van der Waals surface area contributed by atoms with Crippen molar-refractivity contribution in [3.63, 3.8) is 0 Å². The molecule has 98 valence electrons. The van der Waals surface area contributed by atoms with Crippen molar-refractivity contribution in [2.24, 2.45) is 0 Å². The molecule has 1 rings (SSSR count). The van der Waals surface area contributed by atoms with Crippen molar-refractivity contribution in [3.8, 4) is 0 Å². The molecule has 0 bridgehead atoms. The van der Waals surface area contributed by atoms with Gasteiger partial charge in [-0.1, -0.05) is 13.8 Å². The Morgan fingerprint density at radius 1 is 1.41 bits per heavy atom. The predicted molar refractivity (Wildman–Crippen MR) is 68.9 cm³/mol. The van der Waals surface area contributed by atoms with E-state index in [1.54, 1.807) is 6.26 Å². The highest BCUT2D eigenvalue weighted by molar-refractivity contribution is 5.12. The largest absolute Gasteiger partial charge is 0.467 e. The monoisotopic (exact) mass is 240 g/mol. The molecule has 0 aliphatic carbocycles. The summed E-state index contributed by atoms with van der Waals surface area (Å²) in [6, 6.07) is 2.54. The molecule has 0 spiro atoms. The minimum atomic E-state index is 0.490. The van der Waals surface area contributed by atoms with Crippen molar-refractivity contribution in [2.75, 3.05) is 27.2 Å². The van der Waals surface area contributed by atoms with Crippen molar-refractivity contribution in [1.29, 1.82) is 0 Å². The van der Waals surface area contributed by atoms with Gasteiger partial charge in [0.2, 0.25) is 0 Å². The third-order valence-electron chi connectivity index (χ3n) is 2.35. The molecule has 0 aliphatic rings. The number of likely N-dealkylation sites (N-methyl/N-ethyl adjacent to an activating group) is 1. The van der Waals surface area contributed by atoms with Crippen LogP contribution in [0.2, 0.25) is 0 Å². The Labute approximate surface area is 104 Å². The molecule has 17 heavy (non-hydrogen) atoms. The normalized spacial score (nSPS) is 11.6. The van der Waals surface area contributed by atoms with Crippen LogP contribution in [0.1, 0.15) is 25.2 Å². The van der Waals surface area contributed by atoms with Gasteiger partial charge >= 0.3 is 0 Å². The fourth-order valence-corrected chi connectivity index (χ4v) is 1.34. The summed E-state index contributed by atoms with van der Waals surface area (Å²) in [6.07, 6.45) is 1.79. The quantitative estimate of drug-likeness (QED) is 0.704. The van der Waals surface area contributed by atoms with Crippen LogP contribution in [0, 0.1) is 0 Å².